The molecular weight excluding hydrogens is 354 g/mol. The summed E-state index contributed by atoms with van der Waals surface area (Å²) in [5.74, 6) is 1.46. The van der Waals surface area contributed by atoms with Gasteiger partial charge in [-0.05, 0) is 45.8 Å². The Hall–Kier alpha value is -1.70. The lowest BCUT2D eigenvalue weighted by Crippen LogP contribution is -2.35. The molecule has 2 aromatic rings. The number of nitrogens with zero attached hydrogens (tertiary/aromatic N) is 5. The summed E-state index contributed by atoms with van der Waals surface area (Å²) >= 11 is 0. The van der Waals surface area contributed by atoms with Gasteiger partial charge in [-0.15, -0.1) is 0 Å². The number of aromatic nitrogens is 3. The molecule has 7 nitrogen and oxygen atoms in total. The van der Waals surface area contributed by atoms with Gasteiger partial charge in [0.25, 0.3) is 0 Å². The number of piperidine rings is 1. The molecule has 0 radical (unpaired) electrons. The van der Waals surface area contributed by atoms with E-state index in [-0.39, 0.29) is 0 Å². The van der Waals surface area contributed by atoms with Gasteiger partial charge < -0.3 is 23.8 Å². The van der Waals surface area contributed by atoms with Crippen LogP contribution in [0.15, 0.2) is 12.4 Å². The van der Waals surface area contributed by atoms with Crippen LogP contribution in [0.25, 0.3) is 11.0 Å². The van der Waals surface area contributed by atoms with Crippen molar-refractivity contribution in [2.24, 2.45) is 0 Å². The number of hydrogen-bond acceptors (Lipinski definition) is 6. The van der Waals surface area contributed by atoms with E-state index in [4.69, 9.17) is 19.4 Å². The average Bonchev–Trinajstić information content (AvgIpc) is 3.14. The summed E-state index contributed by atoms with van der Waals surface area (Å²) in [6.07, 6.45) is 4.22. The highest BCUT2D eigenvalue weighted by Gasteiger charge is 2.24. The zero-order chi connectivity index (χ0) is 20.1. The van der Waals surface area contributed by atoms with Gasteiger partial charge in [0.05, 0.1) is 25.1 Å². The van der Waals surface area contributed by atoms with E-state index < -0.39 is 0 Å². The summed E-state index contributed by atoms with van der Waals surface area (Å²) in [6.45, 7) is 9.89. The molecular formula is C21H35N5O2. The molecule has 0 bridgehead atoms. The molecule has 0 spiro atoms. The smallest absolute Gasteiger partial charge is 0.156 e. The third kappa shape index (κ3) is 4.64. The predicted molar refractivity (Wildman–Crippen MR) is 113 cm³/mol. The van der Waals surface area contributed by atoms with Crippen molar-refractivity contribution in [1.29, 1.82) is 0 Å². The minimum absolute atomic E-state index is 0.369. The summed E-state index contributed by atoms with van der Waals surface area (Å²) in [5, 5.41) is 0. The molecule has 1 aliphatic rings. The molecule has 0 N–H and O–H groups in total. The van der Waals surface area contributed by atoms with Crippen molar-refractivity contribution in [2.75, 3.05) is 65.6 Å². The first kappa shape index (κ1) is 21.0. The lowest BCUT2D eigenvalue weighted by molar-refractivity contribution is 0.130. The highest BCUT2D eigenvalue weighted by Crippen LogP contribution is 2.33. The van der Waals surface area contributed by atoms with Crippen molar-refractivity contribution in [1.82, 2.24) is 19.4 Å². The number of methoxy groups -OCH3 is 2. The van der Waals surface area contributed by atoms with Crippen molar-refractivity contribution in [3.05, 3.63) is 18.1 Å². The summed E-state index contributed by atoms with van der Waals surface area (Å²) in [4.78, 5) is 14.4. The molecule has 0 aromatic carbocycles. The van der Waals surface area contributed by atoms with E-state index in [1.54, 1.807) is 14.2 Å². The Balaban J connectivity index is 1.88. The van der Waals surface area contributed by atoms with E-state index >= 15 is 0 Å². The van der Waals surface area contributed by atoms with Crippen LogP contribution < -0.4 is 4.90 Å². The second-order valence-electron chi connectivity index (χ2n) is 8.01. The van der Waals surface area contributed by atoms with Crippen LogP contribution in [-0.4, -0.2) is 80.1 Å². The molecule has 0 atom stereocenters. The SMILES string of the molecule is COCCN1CCC(c2cc3c(ncn3C(C)C)c(N(C)CCOC)n2)CC1. The van der Waals surface area contributed by atoms with Crippen molar-refractivity contribution >= 4 is 16.9 Å². The lowest BCUT2D eigenvalue weighted by Gasteiger charge is -2.32. The van der Waals surface area contributed by atoms with Crippen molar-refractivity contribution in [3.8, 4) is 0 Å². The van der Waals surface area contributed by atoms with Crippen LogP contribution in [-0.2, 0) is 9.47 Å². The highest BCUT2D eigenvalue weighted by atomic mass is 16.5. The van der Waals surface area contributed by atoms with Crippen LogP contribution in [0.1, 0.15) is 44.3 Å². The number of fused-ring (bicyclic) bond motifs is 1. The van der Waals surface area contributed by atoms with Gasteiger partial charge in [0.1, 0.15) is 5.52 Å². The Kier molecular flexibility index (Phi) is 7.26. The van der Waals surface area contributed by atoms with Crippen LogP contribution in [0.4, 0.5) is 5.82 Å². The molecule has 0 amide bonds. The first-order valence-electron chi connectivity index (χ1n) is 10.3. The monoisotopic (exact) mass is 389 g/mol. The number of imidazole rings is 1. The zero-order valence-corrected chi connectivity index (χ0v) is 18.0. The van der Waals surface area contributed by atoms with Crippen LogP contribution in [0.3, 0.4) is 0 Å². The van der Waals surface area contributed by atoms with Gasteiger partial charge in [0.15, 0.2) is 5.82 Å². The summed E-state index contributed by atoms with van der Waals surface area (Å²) in [7, 11) is 5.58. The van der Waals surface area contributed by atoms with Gasteiger partial charge in [-0.25, -0.2) is 9.97 Å². The van der Waals surface area contributed by atoms with Crippen molar-refractivity contribution in [3.63, 3.8) is 0 Å². The Morgan fingerprint density at radius 2 is 1.89 bits per heavy atom. The number of anilines is 1. The number of hydrogen-bond donors (Lipinski definition) is 0. The molecule has 1 fully saturated rings. The number of likely N-dealkylation sites (N-methyl/N-ethyl adjacent to an activating group) is 1. The predicted octanol–water partition coefficient (Wildman–Crippen LogP) is 2.92. The van der Waals surface area contributed by atoms with E-state index in [0.717, 1.165) is 57.0 Å². The summed E-state index contributed by atoms with van der Waals surface area (Å²) in [5.41, 5.74) is 3.36. The van der Waals surface area contributed by atoms with Crippen LogP contribution in [0.5, 0.6) is 0 Å². The molecule has 1 saturated heterocycles. The molecule has 0 aliphatic carbocycles. The number of ether oxygens (including phenoxy) is 2. The number of pyridine rings is 1. The normalized spacial score (nSPS) is 16.4. The molecule has 3 heterocycles. The second kappa shape index (κ2) is 9.67. The quantitative estimate of drug-likeness (QED) is 0.657. The summed E-state index contributed by atoms with van der Waals surface area (Å²) in [6, 6.07) is 2.64. The summed E-state index contributed by atoms with van der Waals surface area (Å²) < 4.78 is 12.7. The van der Waals surface area contributed by atoms with Gasteiger partial charge in [0.2, 0.25) is 0 Å². The Labute approximate surface area is 168 Å². The molecule has 0 unspecified atom stereocenters. The second-order valence-corrected chi connectivity index (χ2v) is 8.01. The van der Waals surface area contributed by atoms with Crippen molar-refractivity contribution < 1.29 is 9.47 Å². The maximum Gasteiger partial charge on any atom is 0.156 e. The fourth-order valence-electron chi connectivity index (χ4n) is 3.93. The molecule has 7 heteroatoms. The topological polar surface area (TPSA) is 55.7 Å². The third-order valence-corrected chi connectivity index (χ3v) is 5.73. The Bertz CT molecular complexity index is 753. The van der Waals surface area contributed by atoms with Gasteiger partial charge >= 0.3 is 0 Å². The van der Waals surface area contributed by atoms with Gasteiger partial charge in [-0.3, -0.25) is 0 Å². The largest absolute Gasteiger partial charge is 0.383 e. The van der Waals surface area contributed by atoms with E-state index in [1.807, 2.05) is 6.33 Å². The minimum Gasteiger partial charge on any atom is -0.383 e. The van der Waals surface area contributed by atoms with Gasteiger partial charge in [0, 0.05) is 52.0 Å². The first-order chi connectivity index (χ1) is 13.5. The van der Waals surface area contributed by atoms with Gasteiger partial charge in [-0.1, -0.05) is 0 Å². The standard InChI is InChI=1S/C21H35N5O2/c1-16(2)26-15-22-20-19(26)14-18(23-21(20)24(3)10-12-27-4)17-6-8-25(9-7-17)11-13-28-5/h14-17H,6-13H2,1-5H3. The molecule has 0 saturated carbocycles. The van der Waals surface area contributed by atoms with Crippen LogP contribution >= 0.6 is 0 Å². The lowest BCUT2D eigenvalue weighted by atomic mass is 9.92. The maximum absolute atomic E-state index is 5.27. The molecule has 1 aliphatic heterocycles. The minimum atomic E-state index is 0.369. The molecule has 2 aromatic heterocycles. The van der Waals surface area contributed by atoms with Crippen molar-refractivity contribution in [2.45, 2.75) is 38.6 Å². The first-order valence-corrected chi connectivity index (χ1v) is 10.3. The highest BCUT2D eigenvalue weighted by molar-refractivity contribution is 5.87. The Morgan fingerprint density at radius 1 is 1.18 bits per heavy atom. The zero-order valence-electron chi connectivity index (χ0n) is 18.0. The van der Waals surface area contributed by atoms with Crippen LogP contribution in [0.2, 0.25) is 0 Å². The van der Waals surface area contributed by atoms with E-state index in [0.29, 0.717) is 18.6 Å². The Morgan fingerprint density at radius 3 is 2.54 bits per heavy atom. The average molecular weight is 390 g/mol. The number of rotatable bonds is 9. The fourth-order valence-corrected chi connectivity index (χ4v) is 3.93. The van der Waals surface area contributed by atoms with E-state index in [1.165, 1.54) is 11.2 Å². The van der Waals surface area contributed by atoms with Crippen LogP contribution in [0, 0.1) is 0 Å². The number of likely N-dealkylation sites (tertiary alicyclic amines) is 1. The third-order valence-electron chi connectivity index (χ3n) is 5.73. The van der Waals surface area contributed by atoms with E-state index in [9.17, 15) is 0 Å². The maximum atomic E-state index is 5.27. The van der Waals surface area contributed by atoms with Gasteiger partial charge in [-0.2, -0.15) is 0 Å². The fraction of sp³-hybridized carbons (Fsp3) is 0.714. The molecule has 28 heavy (non-hydrogen) atoms. The molecule has 156 valence electrons. The van der Waals surface area contributed by atoms with E-state index in [2.05, 4.69) is 41.3 Å². The molecule has 3 rings (SSSR count).